The van der Waals surface area contributed by atoms with E-state index < -0.39 is 25.1 Å². The van der Waals surface area contributed by atoms with E-state index in [1.54, 1.807) is 0 Å². The number of aliphatic hydroxyl groups is 1. The zero-order chi connectivity index (χ0) is 16.9. The molecule has 0 bridgehead atoms. The van der Waals surface area contributed by atoms with Crippen molar-refractivity contribution in [3.05, 3.63) is 52.2 Å². The van der Waals surface area contributed by atoms with E-state index >= 15 is 0 Å². The Morgan fingerprint density at radius 3 is 2.43 bits per heavy atom. The molecule has 7 heteroatoms. The molecule has 122 valence electrons. The second kappa shape index (κ2) is 7.49. The molecule has 23 heavy (non-hydrogen) atoms. The van der Waals surface area contributed by atoms with E-state index in [1.807, 2.05) is 17.5 Å². The van der Waals surface area contributed by atoms with Crippen LogP contribution < -0.4 is 4.74 Å². The summed E-state index contributed by atoms with van der Waals surface area (Å²) in [6, 6.07) is 9.14. The summed E-state index contributed by atoms with van der Waals surface area (Å²) in [5.74, 6) is 1.25. The van der Waals surface area contributed by atoms with Gasteiger partial charge in [0.2, 0.25) is 0 Å². The van der Waals surface area contributed by atoms with Crippen molar-refractivity contribution in [2.24, 2.45) is 0 Å². The quantitative estimate of drug-likeness (QED) is 0.653. The molecule has 0 aliphatic carbocycles. The molecule has 0 radical (unpaired) electrons. The highest BCUT2D eigenvalue weighted by Gasteiger charge is 2.41. The highest BCUT2D eigenvalue weighted by atomic mass is 32.1. The lowest BCUT2D eigenvalue weighted by molar-refractivity contribution is -0.148. The Morgan fingerprint density at radius 2 is 1.87 bits per heavy atom. The van der Waals surface area contributed by atoms with Crippen LogP contribution in [0.1, 0.15) is 16.5 Å². The molecule has 0 spiro atoms. The zero-order valence-electron chi connectivity index (χ0n) is 11.7. The number of alkyl halides is 4. The molecular weight excluding hydrogens is 332 g/mol. The molecule has 1 atom stereocenters. The Bertz CT molecular complexity index is 672. The Kier molecular flexibility index (Phi) is 5.64. The molecule has 0 fully saturated rings. The highest BCUT2D eigenvalue weighted by Crippen LogP contribution is 2.25. The third-order valence-electron chi connectivity index (χ3n) is 2.80. The van der Waals surface area contributed by atoms with Crippen molar-refractivity contribution in [3.8, 4) is 17.6 Å². The summed E-state index contributed by atoms with van der Waals surface area (Å²) in [4.78, 5) is 0.804. The lowest BCUT2D eigenvalue weighted by atomic mass is 10.1. The molecule has 0 aliphatic heterocycles. The maximum atomic E-state index is 12.7. The predicted molar refractivity (Wildman–Crippen MR) is 79.0 cm³/mol. The van der Waals surface area contributed by atoms with Crippen LogP contribution in [0.3, 0.4) is 0 Å². The third-order valence-corrected chi connectivity index (χ3v) is 3.58. The van der Waals surface area contributed by atoms with Crippen molar-refractivity contribution in [2.45, 2.75) is 18.5 Å². The van der Waals surface area contributed by atoms with Gasteiger partial charge in [-0.2, -0.15) is 8.78 Å². The van der Waals surface area contributed by atoms with Crippen LogP contribution in [0.25, 0.3) is 0 Å². The second-order valence-corrected chi connectivity index (χ2v) is 5.52. The molecular formula is C16H12F4O2S. The summed E-state index contributed by atoms with van der Waals surface area (Å²) in [6.45, 7) is -1.41. The lowest BCUT2D eigenvalue weighted by Crippen LogP contribution is -2.33. The number of thiophene rings is 1. The second-order valence-electron chi connectivity index (χ2n) is 4.57. The molecule has 1 aromatic heterocycles. The number of hydrogen-bond donors (Lipinski definition) is 1. The number of hydrogen-bond acceptors (Lipinski definition) is 3. The summed E-state index contributed by atoms with van der Waals surface area (Å²) in [5.41, 5.74) is 0.446. The van der Waals surface area contributed by atoms with E-state index in [9.17, 15) is 22.7 Å². The molecule has 2 rings (SSSR count). The number of benzene rings is 1. The van der Waals surface area contributed by atoms with Crippen molar-refractivity contribution in [2.75, 3.05) is 6.61 Å². The highest BCUT2D eigenvalue weighted by molar-refractivity contribution is 7.10. The number of aliphatic hydroxyl groups excluding tert-OH is 1. The van der Waals surface area contributed by atoms with Crippen molar-refractivity contribution in [3.63, 3.8) is 0 Å². The Balaban J connectivity index is 1.96. The molecule has 0 saturated carbocycles. The number of ether oxygens (including phenoxy) is 1. The summed E-state index contributed by atoms with van der Waals surface area (Å²) < 4.78 is 54.1. The van der Waals surface area contributed by atoms with Crippen molar-refractivity contribution < 1.29 is 27.4 Å². The zero-order valence-corrected chi connectivity index (χ0v) is 12.5. The van der Waals surface area contributed by atoms with Gasteiger partial charge in [-0.25, -0.2) is 8.78 Å². The van der Waals surface area contributed by atoms with E-state index in [0.717, 1.165) is 4.88 Å². The fraction of sp³-hybridized carbons (Fsp3) is 0.250. The monoisotopic (exact) mass is 344 g/mol. The molecule has 1 N–H and O–H groups in total. The SMILES string of the molecule is OC(C#Cc1cccs1)c1ccc(OCC(F)(F)C(F)F)cc1. The van der Waals surface area contributed by atoms with Crippen LogP contribution in [0, 0.1) is 11.8 Å². The summed E-state index contributed by atoms with van der Waals surface area (Å²) in [5, 5.41) is 11.8. The van der Waals surface area contributed by atoms with Crippen molar-refractivity contribution in [1.29, 1.82) is 0 Å². The molecule has 0 saturated heterocycles. The standard InChI is InChI=1S/C16H12F4O2S/c17-15(18)16(19,20)10-22-12-5-3-11(4-6-12)14(21)8-7-13-2-1-9-23-13/h1-6,9,14-15,21H,10H2. The van der Waals surface area contributed by atoms with E-state index in [-0.39, 0.29) is 5.75 Å². The molecule has 2 nitrogen and oxygen atoms in total. The van der Waals surface area contributed by atoms with Gasteiger partial charge in [0.25, 0.3) is 0 Å². The van der Waals surface area contributed by atoms with Crippen molar-refractivity contribution in [1.82, 2.24) is 0 Å². The van der Waals surface area contributed by atoms with E-state index in [0.29, 0.717) is 5.56 Å². The summed E-state index contributed by atoms with van der Waals surface area (Å²) >= 11 is 1.44. The third kappa shape index (κ3) is 4.98. The van der Waals surface area contributed by atoms with Crippen LogP contribution in [-0.4, -0.2) is 24.1 Å². The van der Waals surface area contributed by atoms with E-state index in [1.165, 1.54) is 35.6 Å². The smallest absolute Gasteiger partial charge is 0.340 e. The molecule has 1 aromatic carbocycles. The van der Waals surface area contributed by atoms with Crippen LogP contribution in [0.5, 0.6) is 5.75 Å². The Morgan fingerprint density at radius 1 is 1.17 bits per heavy atom. The maximum Gasteiger partial charge on any atom is 0.340 e. The number of halogens is 4. The van der Waals surface area contributed by atoms with E-state index in [4.69, 9.17) is 0 Å². The first kappa shape index (κ1) is 17.3. The van der Waals surface area contributed by atoms with Gasteiger partial charge in [0.1, 0.15) is 11.9 Å². The van der Waals surface area contributed by atoms with Crippen LogP contribution in [0.4, 0.5) is 17.6 Å². The van der Waals surface area contributed by atoms with E-state index in [2.05, 4.69) is 16.6 Å². The van der Waals surface area contributed by atoms with Gasteiger partial charge in [-0.15, -0.1) is 11.3 Å². The van der Waals surface area contributed by atoms with Gasteiger partial charge < -0.3 is 9.84 Å². The van der Waals surface area contributed by atoms with Gasteiger partial charge in [0.15, 0.2) is 6.61 Å². The topological polar surface area (TPSA) is 29.5 Å². The molecule has 0 amide bonds. The minimum absolute atomic E-state index is 0.00694. The fourth-order valence-electron chi connectivity index (χ4n) is 1.56. The lowest BCUT2D eigenvalue weighted by Gasteiger charge is -2.16. The Hall–Kier alpha value is -2.04. The molecule has 1 heterocycles. The predicted octanol–water partition coefficient (Wildman–Crippen LogP) is 4.11. The Labute approximate surface area is 134 Å². The normalized spacial score (nSPS) is 12.6. The van der Waals surface area contributed by atoms with Crippen LogP contribution >= 0.6 is 11.3 Å². The van der Waals surface area contributed by atoms with Crippen molar-refractivity contribution >= 4 is 11.3 Å². The average molecular weight is 344 g/mol. The molecule has 1 unspecified atom stereocenters. The molecule has 0 aliphatic rings. The first-order chi connectivity index (χ1) is 10.9. The van der Waals surface area contributed by atoms with Gasteiger partial charge in [-0.3, -0.25) is 0 Å². The first-order valence-corrected chi connectivity index (χ1v) is 7.38. The first-order valence-electron chi connectivity index (χ1n) is 6.50. The minimum Gasteiger partial charge on any atom is -0.487 e. The largest absolute Gasteiger partial charge is 0.487 e. The fourth-order valence-corrected chi connectivity index (χ4v) is 2.14. The minimum atomic E-state index is -4.20. The van der Waals surface area contributed by atoms with Gasteiger partial charge >= 0.3 is 12.3 Å². The maximum absolute atomic E-state index is 12.7. The summed E-state index contributed by atoms with van der Waals surface area (Å²) in [6.07, 6.45) is -4.83. The van der Waals surface area contributed by atoms with Crippen LogP contribution in [-0.2, 0) is 0 Å². The van der Waals surface area contributed by atoms with Gasteiger partial charge in [-0.1, -0.05) is 30.0 Å². The van der Waals surface area contributed by atoms with Gasteiger partial charge in [0.05, 0.1) is 4.88 Å². The molecule has 2 aromatic rings. The average Bonchev–Trinajstić information content (AvgIpc) is 3.04. The van der Waals surface area contributed by atoms with Crippen LogP contribution in [0.15, 0.2) is 41.8 Å². The van der Waals surface area contributed by atoms with Crippen LogP contribution in [0.2, 0.25) is 0 Å². The van der Waals surface area contributed by atoms with Gasteiger partial charge in [0, 0.05) is 0 Å². The number of rotatable bonds is 5. The summed E-state index contributed by atoms with van der Waals surface area (Å²) in [7, 11) is 0. The van der Waals surface area contributed by atoms with Gasteiger partial charge in [-0.05, 0) is 29.1 Å².